The molecule has 0 aromatic heterocycles. The van der Waals surface area contributed by atoms with Crippen molar-refractivity contribution in [3.8, 4) is 11.5 Å². The molecule has 1 aliphatic rings. The maximum Gasteiger partial charge on any atom is 0.255 e. The van der Waals surface area contributed by atoms with Gasteiger partial charge in [-0.1, -0.05) is 19.1 Å². The van der Waals surface area contributed by atoms with Crippen LogP contribution in [0.25, 0.3) is 0 Å². The van der Waals surface area contributed by atoms with E-state index in [-0.39, 0.29) is 5.91 Å². The molecule has 2 N–H and O–H groups in total. The number of anilines is 1. The molecule has 3 rings (SSSR count). The molecule has 5 heteroatoms. The summed E-state index contributed by atoms with van der Waals surface area (Å²) in [5, 5.41) is 6.21. The van der Waals surface area contributed by atoms with Crippen LogP contribution in [0.4, 0.5) is 5.69 Å². The van der Waals surface area contributed by atoms with Crippen LogP contribution in [0, 0.1) is 0 Å². The number of carbonyl (C=O) groups is 1. The summed E-state index contributed by atoms with van der Waals surface area (Å²) in [6.45, 7) is 5.00. The Morgan fingerprint density at radius 2 is 1.92 bits per heavy atom. The summed E-state index contributed by atoms with van der Waals surface area (Å²) >= 11 is 0. The molecule has 1 amide bonds. The van der Waals surface area contributed by atoms with E-state index < -0.39 is 0 Å². The standard InChI is InChI=1S/C19H22N2O3/c1-2-20-13-14-5-3-6-16(11-14)21-19(22)15-7-8-17-18(12-15)24-10-4-9-23-17/h3,5-8,11-12,20H,2,4,9-10,13H2,1H3,(H,21,22). The number of hydrogen-bond acceptors (Lipinski definition) is 4. The zero-order valence-electron chi connectivity index (χ0n) is 13.8. The van der Waals surface area contributed by atoms with Crippen LogP contribution in [-0.4, -0.2) is 25.7 Å². The predicted molar refractivity (Wildman–Crippen MR) is 93.8 cm³/mol. The second-order valence-electron chi connectivity index (χ2n) is 5.65. The Morgan fingerprint density at radius 3 is 2.75 bits per heavy atom. The first-order valence-electron chi connectivity index (χ1n) is 8.27. The largest absolute Gasteiger partial charge is 0.490 e. The van der Waals surface area contributed by atoms with Gasteiger partial charge in [0.2, 0.25) is 0 Å². The van der Waals surface area contributed by atoms with E-state index in [1.807, 2.05) is 24.3 Å². The number of rotatable bonds is 5. The molecule has 0 spiro atoms. The van der Waals surface area contributed by atoms with Crippen LogP contribution < -0.4 is 20.1 Å². The summed E-state index contributed by atoms with van der Waals surface area (Å²) in [7, 11) is 0. The maximum atomic E-state index is 12.5. The van der Waals surface area contributed by atoms with Crippen LogP contribution in [0.5, 0.6) is 11.5 Å². The van der Waals surface area contributed by atoms with Crippen molar-refractivity contribution in [3.05, 3.63) is 53.6 Å². The number of ether oxygens (including phenoxy) is 2. The van der Waals surface area contributed by atoms with E-state index in [1.54, 1.807) is 18.2 Å². The van der Waals surface area contributed by atoms with Crippen LogP contribution in [0.3, 0.4) is 0 Å². The zero-order chi connectivity index (χ0) is 16.8. The Balaban J connectivity index is 1.72. The van der Waals surface area contributed by atoms with E-state index >= 15 is 0 Å². The van der Waals surface area contributed by atoms with E-state index in [0.717, 1.165) is 30.8 Å². The van der Waals surface area contributed by atoms with Gasteiger partial charge in [-0.3, -0.25) is 4.79 Å². The van der Waals surface area contributed by atoms with Crippen molar-refractivity contribution in [2.24, 2.45) is 0 Å². The smallest absolute Gasteiger partial charge is 0.255 e. The van der Waals surface area contributed by atoms with Gasteiger partial charge in [-0.2, -0.15) is 0 Å². The first-order chi connectivity index (χ1) is 11.8. The molecule has 1 heterocycles. The van der Waals surface area contributed by atoms with Gasteiger partial charge in [0.15, 0.2) is 11.5 Å². The molecule has 2 aromatic carbocycles. The molecule has 0 unspecified atom stereocenters. The normalized spacial score (nSPS) is 13.2. The molecule has 1 aliphatic heterocycles. The average Bonchev–Trinajstić information content (AvgIpc) is 2.85. The van der Waals surface area contributed by atoms with E-state index in [0.29, 0.717) is 30.3 Å². The Kier molecular flexibility index (Phi) is 5.33. The minimum absolute atomic E-state index is 0.161. The Labute approximate surface area is 142 Å². The lowest BCUT2D eigenvalue weighted by Gasteiger charge is -2.11. The highest BCUT2D eigenvalue weighted by Gasteiger charge is 2.14. The highest BCUT2D eigenvalue weighted by Crippen LogP contribution is 2.30. The van der Waals surface area contributed by atoms with Crippen molar-refractivity contribution in [1.82, 2.24) is 5.32 Å². The lowest BCUT2D eigenvalue weighted by atomic mass is 10.1. The fraction of sp³-hybridized carbons (Fsp3) is 0.316. The quantitative estimate of drug-likeness (QED) is 0.886. The highest BCUT2D eigenvalue weighted by atomic mass is 16.5. The van der Waals surface area contributed by atoms with Crippen LogP contribution in [-0.2, 0) is 6.54 Å². The molecule has 0 saturated carbocycles. The number of fused-ring (bicyclic) bond motifs is 1. The maximum absolute atomic E-state index is 12.5. The minimum atomic E-state index is -0.161. The number of hydrogen-bond donors (Lipinski definition) is 2. The Hall–Kier alpha value is -2.53. The summed E-state index contributed by atoms with van der Waals surface area (Å²) in [4.78, 5) is 12.5. The molecule has 0 saturated heterocycles. The fourth-order valence-corrected chi connectivity index (χ4v) is 2.54. The number of amides is 1. The first-order valence-corrected chi connectivity index (χ1v) is 8.27. The van der Waals surface area contributed by atoms with E-state index in [4.69, 9.17) is 9.47 Å². The topological polar surface area (TPSA) is 59.6 Å². The van der Waals surface area contributed by atoms with Gasteiger partial charge in [-0.05, 0) is 42.4 Å². The monoisotopic (exact) mass is 326 g/mol. The third-order valence-electron chi connectivity index (χ3n) is 3.77. The van der Waals surface area contributed by atoms with Gasteiger partial charge in [0.1, 0.15) is 0 Å². The van der Waals surface area contributed by atoms with Crippen molar-refractivity contribution in [3.63, 3.8) is 0 Å². The molecule has 126 valence electrons. The molecule has 0 aliphatic carbocycles. The van der Waals surface area contributed by atoms with Gasteiger partial charge in [-0.25, -0.2) is 0 Å². The number of carbonyl (C=O) groups excluding carboxylic acids is 1. The molecular formula is C19H22N2O3. The average molecular weight is 326 g/mol. The first kappa shape index (κ1) is 16.3. The van der Waals surface area contributed by atoms with Gasteiger partial charge < -0.3 is 20.1 Å². The molecule has 2 aromatic rings. The Morgan fingerprint density at radius 1 is 1.08 bits per heavy atom. The van der Waals surface area contributed by atoms with Crippen LogP contribution in [0.1, 0.15) is 29.3 Å². The van der Waals surface area contributed by atoms with Crippen LogP contribution in [0.2, 0.25) is 0 Å². The molecule has 0 radical (unpaired) electrons. The summed E-state index contributed by atoms with van der Waals surface area (Å²) in [5.74, 6) is 1.16. The fourth-order valence-electron chi connectivity index (χ4n) is 2.54. The molecular weight excluding hydrogens is 304 g/mol. The van der Waals surface area contributed by atoms with Gasteiger partial charge in [0.05, 0.1) is 13.2 Å². The lowest BCUT2D eigenvalue weighted by molar-refractivity contribution is 0.102. The van der Waals surface area contributed by atoms with Gasteiger partial charge in [0.25, 0.3) is 5.91 Å². The van der Waals surface area contributed by atoms with Gasteiger partial charge >= 0.3 is 0 Å². The van der Waals surface area contributed by atoms with Crippen molar-refractivity contribution >= 4 is 11.6 Å². The summed E-state index contributed by atoms with van der Waals surface area (Å²) < 4.78 is 11.2. The third-order valence-corrected chi connectivity index (χ3v) is 3.77. The predicted octanol–water partition coefficient (Wildman–Crippen LogP) is 3.21. The van der Waals surface area contributed by atoms with Crippen molar-refractivity contribution < 1.29 is 14.3 Å². The highest BCUT2D eigenvalue weighted by molar-refractivity contribution is 6.04. The lowest BCUT2D eigenvalue weighted by Crippen LogP contribution is -2.14. The summed E-state index contributed by atoms with van der Waals surface area (Å²) in [6, 6.07) is 13.1. The second kappa shape index (κ2) is 7.84. The van der Waals surface area contributed by atoms with E-state index in [2.05, 4.69) is 17.6 Å². The van der Waals surface area contributed by atoms with Crippen molar-refractivity contribution in [2.75, 3.05) is 25.1 Å². The minimum Gasteiger partial charge on any atom is -0.490 e. The molecule has 0 fully saturated rings. The summed E-state index contributed by atoms with van der Waals surface area (Å²) in [5.41, 5.74) is 2.46. The molecule has 24 heavy (non-hydrogen) atoms. The SMILES string of the molecule is CCNCc1cccc(NC(=O)c2ccc3c(c2)OCCCO3)c1. The molecule has 0 atom stereocenters. The Bertz CT molecular complexity index is 716. The van der Waals surface area contributed by atoms with E-state index in [1.165, 1.54) is 0 Å². The molecule has 5 nitrogen and oxygen atoms in total. The molecule has 0 bridgehead atoms. The van der Waals surface area contributed by atoms with E-state index in [9.17, 15) is 4.79 Å². The van der Waals surface area contributed by atoms with Gasteiger partial charge in [0, 0.05) is 24.2 Å². The van der Waals surface area contributed by atoms with Crippen molar-refractivity contribution in [1.29, 1.82) is 0 Å². The van der Waals surface area contributed by atoms with Gasteiger partial charge in [-0.15, -0.1) is 0 Å². The van der Waals surface area contributed by atoms with Crippen LogP contribution >= 0.6 is 0 Å². The zero-order valence-corrected chi connectivity index (χ0v) is 13.8. The van der Waals surface area contributed by atoms with Crippen molar-refractivity contribution in [2.45, 2.75) is 19.9 Å². The summed E-state index contributed by atoms with van der Waals surface area (Å²) in [6.07, 6.45) is 0.842. The van der Waals surface area contributed by atoms with Crippen LogP contribution in [0.15, 0.2) is 42.5 Å². The second-order valence-corrected chi connectivity index (χ2v) is 5.65. The number of nitrogens with one attached hydrogen (secondary N) is 2. The third kappa shape index (κ3) is 4.06. The number of benzene rings is 2.